The second-order valence-corrected chi connectivity index (χ2v) is 8.53. The van der Waals surface area contributed by atoms with Crippen molar-refractivity contribution in [2.24, 2.45) is 5.92 Å². The second kappa shape index (κ2) is 9.18. The lowest BCUT2D eigenvalue weighted by Crippen LogP contribution is -2.63. The van der Waals surface area contributed by atoms with Crippen molar-refractivity contribution in [2.45, 2.75) is 31.0 Å². The Kier molecular flexibility index (Phi) is 6.82. The first-order valence-corrected chi connectivity index (χ1v) is 11.1. The van der Waals surface area contributed by atoms with E-state index in [1.807, 2.05) is 43.0 Å². The molecule has 1 aromatic carbocycles. The summed E-state index contributed by atoms with van der Waals surface area (Å²) in [6.07, 6.45) is 0. The van der Waals surface area contributed by atoms with Crippen LogP contribution in [-0.2, 0) is 19.1 Å². The van der Waals surface area contributed by atoms with Crippen molar-refractivity contribution in [2.75, 3.05) is 31.1 Å². The highest BCUT2D eigenvalue weighted by molar-refractivity contribution is 8.00. The number of benzene rings is 1. The largest absolute Gasteiger partial charge is 0.460 e. The summed E-state index contributed by atoms with van der Waals surface area (Å²) in [6.45, 7) is 10.1. The van der Waals surface area contributed by atoms with Crippen molar-refractivity contribution >= 4 is 52.6 Å². The molecule has 2 aliphatic rings. The summed E-state index contributed by atoms with van der Waals surface area (Å²) in [7, 11) is 0. The molecule has 7 nitrogen and oxygen atoms in total. The van der Waals surface area contributed by atoms with Crippen LogP contribution in [0.2, 0.25) is 0 Å². The molecule has 2 aliphatic heterocycles. The highest BCUT2D eigenvalue weighted by atomic mass is 32.2. The molecule has 160 valence electrons. The third-order valence-corrected chi connectivity index (χ3v) is 6.90. The van der Waals surface area contributed by atoms with Gasteiger partial charge < -0.3 is 9.64 Å². The van der Waals surface area contributed by atoms with Crippen molar-refractivity contribution < 1.29 is 19.1 Å². The third-order valence-electron chi connectivity index (χ3n) is 5.09. The number of carbonyl (C=O) groups excluding carboxylic acids is 3. The normalized spacial score (nSPS) is 19.4. The van der Waals surface area contributed by atoms with E-state index in [0.717, 1.165) is 10.6 Å². The maximum absolute atomic E-state index is 13.2. The molecule has 0 aromatic heterocycles. The average molecular weight is 448 g/mol. The van der Waals surface area contributed by atoms with E-state index in [-0.39, 0.29) is 23.5 Å². The highest BCUT2D eigenvalue weighted by Gasteiger charge is 2.50. The molecule has 2 amide bonds. The summed E-state index contributed by atoms with van der Waals surface area (Å²) in [5.74, 6) is -1.93. The Morgan fingerprint density at radius 2 is 1.77 bits per heavy atom. The predicted molar refractivity (Wildman–Crippen MR) is 120 cm³/mol. The average Bonchev–Trinajstić information content (AvgIpc) is 3.06. The molecule has 1 atom stereocenters. The van der Waals surface area contributed by atoms with Crippen LogP contribution >= 0.6 is 24.0 Å². The first-order valence-electron chi connectivity index (χ1n) is 9.83. The summed E-state index contributed by atoms with van der Waals surface area (Å²) < 4.78 is 5.27. The van der Waals surface area contributed by atoms with Crippen LogP contribution < -0.4 is 4.90 Å². The van der Waals surface area contributed by atoms with Gasteiger partial charge in [-0.2, -0.15) is 0 Å². The first-order chi connectivity index (χ1) is 14.3. The summed E-state index contributed by atoms with van der Waals surface area (Å²) in [5, 5.41) is -0.189. The number of fused-ring (bicyclic) bond motifs is 1. The van der Waals surface area contributed by atoms with Crippen LogP contribution in [0.1, 0.15) is 20.8 Å². The first kappa shape index (κ1) is 22.3. The zero-order valence-electron chi connectivity index (χ0n) is 17.3. The monoisotopic (exact) mass is 447 g/mol. The molecule has 1 unspecified atom stereocenters. The fourth-order valence-corrected chi connectivity index (χ4v) is 5.46. The van der Waals surface area contributed by atoms with Crippen LogP contribution in [-0.4, -0.2) is 64.3 Å². The Hall–Kier alpha value is -2.39. The summed E-state index contributed by atoms with van der Waals surface area (Å²) in [6, 6.07) is 7.74. The van der Waals surface area contributed by atoms with Gasteiger partial charge in [0.15, 0.2) is 5.11 Å². The summed E-state index contributed by atoms with van der Waals surface area (Å²) >= 11 is 6.85. The van der Waals surface area contributed by atoms with E-state index in [2.05, 4.69) is 6.58 Å². The molecular formula is C21H25N3O4S2. The van der Waals surface area contributed by atoms with E-state index in [1.54, 1.807) is 6.92 Å². The smallest absolute Gasteiger partial charge is 0.333 e. The predicted octanol–water partition coefficient (Wildman–Crippen LogP) is 2.66. The van der Waals surface area contributed by atoms with Gasteiger partial charge in [-0.3, -0.25) is 19.4 Å². The SMILES string of the molecule is C=C(C)C(=O)OCCN1c2ccccc2SC1C1C(=O)N(CC)C(=S)N(CC)C1=O. The number of hydrogen-bond acceptors (Lipinski definition) is 7. The zero-order valence-corrected chi connectivity index (χ0v) is 18.9. The molecular weight excluding hydrogens is 422 g/mol. The number of thiocarbonyl (C=S) groups is 1. The molecule has 0 bridgehead atoms. The van der Waals surface area contributed by atoms with Crippen molar-refractivity contribution in [1.29, 1.82) is 0 Å². The van der Waals surface area contributed by atoms with Crippen LogP contribution in [0.5, 0.6) is 0 Å². The van der Waals surface area contributed by atoms with Crippen LogP contribution in [0, 0.1) is 5.92 Å². The highest BCUT2D eigenvalue weighted by Crippen LogP contribution is 2.47. The number of para-hydroxylation sites is 1. The molecule has 0 aliphatic carbocycles. The molecule has 30 heavy (non-hydrogen) atoms. The second-order valence-electron chi connectivity index (χ2n) is 7.01. The molecule has 3 rings (SSSR count). The minimum absolute atomic E-state index is 0.125. The van der Waals surface area contributed by atoms with E-state index in [9.17, 15) is 14.4 Å². The van der Waals surface area contributed by atoms with Crippen molar-refractivity contribution in [3.63, 3.8) is 0 Å². The maximum atomic E-state index is 13.2. The number of anilines is 1. The quantitative estimate of drug-likeness (QED) is 0.275. The molecule has 1 saturated heterocycles. The molecule has 1 fully saturated rings. The Morgan fingerprint density at radius 1 is 1.17 bits per heavy atom. The van der Waals surface area contributed by atoms with Gasteiger partial charge in [0.2, 0.25) is 11.8 Å². The fourth-order valence-electron chi connectivity index (χ4n) is 3.58. The van der Waals surface area contributed by atoms with Crippen molar-refractivity contribution in [1.82, 2.24) is 9.80 Å². The van der Waals surface area contributed by atoms with Crippen LogP contribution in [0.15, 0.2) is 41.3 Å². The third kappa shape index (κ3) is 3.96. The minimum atomic E-state index is -0.897. The number of rotatable bonds is 7. The maximum Gasteiger partial charge on any atom is 0.333 e. The number of thioether (sulfide) groups is 1. The summed E-state index contributed by atoms with van der Waals surface area (Å²) in [4.78, 5) is 44.2. The van der Waals surface area contributed by atoms with Crippen LogP contribution in [0.25, 0.3) is 0 Å². The van der Waals surface area contributed by atoms with Gasteiger partial charge in [0.25, 0.3) is 0 Å². The van der Waals surface area contributed by atoms with Gasteiger partial charge in [-0.15, -0.1) is 0 Å². The van der Waals surface area contributed by atoms with Crippen LogP contribution in [0.3, 0.4) is 0 Å². The van der Waals surface area contributed by atoms with E-state index >= 15 is 0 Å². The Bertz CT molecular complexity index is 878. The standard InChI is InChI=1S/C21H25N3O4S2/c1-5-22-17(25)16(18(26)23(6-2)21(22)29)19-24(11-12-28-20(27)13(3)4)14-9-7-8-10-15(14)30-19/h7-10,16,19H,3,5-6,11-12H2,1-2,4H3. The van der Waals surface area contributed by atoms with Gasteiger partial charge in [-0.05, 0) is 45.1 Å². The van der Waals surface area contributed by atoms with E-state index in [4.69, 9.17) is 17.0 Å². The zero-order chi connectivity index (χ0) is 22.0. The Labute approximate surface area is 186 Å². The molecule has 2 heterocycles. The Morgan fingerprint density at radius 3 is 2.33 bits per heavy atom. The fraction of sp³-hybridized carbons (Fsp3) is 0.429. The van der Waals surface area contributed by atoms with Crippen molar-refractivity contribution in [3.05, 3.63) is 36.4 Å². The van der Waals surface area contributed by atoms with E-state index in [1.165, 1.54) is 21.6 Å². The van der Waals surface area contributed by atoms with Gasteiger partial charge in [0.05, 0.1) is 12.2 Å². The molecule has 0 N–H and O–H groups in total. The van der Waals surface area contributed by atoms with E-state index in [0.29, 0.717) is 25.2 Å². The summed E-state index contributed by atoms with van der Waals surface area (Å²) in [5.41, 5.74) is 1.24. The van der Waals surface area contributed by atoms with E-state index < -0.39 is 17.3 Å². The minimum Gasteiger partial charge on any atom is -0.460 e. The lowest BCUT2D eigenvalue weighted by molar-refractivity contribution is -0.147. The number of ether oxygens (including phenoxy) is 1. The van der Waals surface area contributed by atoms with Gasteiger partial charge in [0, 0.05) is 23.6 Å². The number of carbonyl (C=O) groups is 3. The molecule has 9 heteroatoms. The number of esters is 1. The lowest BCUT2D eigenvalue weighted by atomic mass is 10.0. The molecule has 0 radical (unpaired) electrons. The Balaban J connectivity index is 1.90. The molecule has 1 aromatic rings. The van der Waals surface area contributed by atoms with Crippen molar-refractivity contribution in [3.8, 4) is 0 Å². The molecule has 0 spiro atoms. The number of hydrogen-bond donors (Lipinski definition) is 0. The molecule has 0 saturated carbocycles. The van der Waals surface area contributed by atoms with Gasteiger partial charge in [-0.1, -0.05) is 30.5 Å². The number of nitrogens with zero attached hydrogens (tertiary/aromatic N) is 3. The van der Waals surface area contributed by atoms with Crippen LogP contribution in [0.4, 0.5) is 5.69 Å². The number of amides is 2. The van der Waals surface area contributed by atoms with Gasteiger partial charge in [0.1, 0.15) is 17.9 Å². The lowest BCUT2D eigenvalue weighted by Gasteiger charge is -2.42. The van der Waals surface area contributed by atoms with Gasteiger partial charge in [-0.25, -0.2) is 4.79 Å². The van der Waals surface area contributed by atoms with Gasteiger partial charge >= 0.3 is 5.97 Å². The topological polar surface area (TPSA) is 70.2 Å².